The van der Waals surface area contributed by atoms with E-state index in [2.05, 4.69) is 15.3 Å². The van der Waals surface area contributed by atoms with E-state index in [9.17, 15) is 9.18 Å². The van der Waals surface area contributed by atoms with Crippen molar-refractivity contribution in [1.82, 2.24) is 9.97 Å². The molecule has 6 heteroatoms. The van der Waals surface area contributed by atoms with Gasteiger partial charge in [-0.15, -0.1) is 11.3 Å². The topological polar surface area (TPSA) is 54.9 Å². The molecule has 0 aliphatic rings. The molecule has 0 aliphatic heterocycles. The third kappa shape index (κ3) is 3.53. The minimum absolute atomic E-state index is 0.175. The van der Waals surface area contributed by atoms with E-state index in [0.717, 1.165) is 10.6 Å². The van der Waals surface area contributed by atoms with Gasteiger partial charge in [0.15, 0.2) is 0 Å². The fourth-order valence-corrected chi connectivity index (χ4v) is 2.72. The van der Waals surface area contributed by atoms with Gasteiger partial charge in [-0.25, -0.2) is 9.37 Å². The van der Waals surface area contributed by atoms with Crippen LogP contribution in [0.25, 0.3) is 10.6 Å². The average Bonchev–Trinajstić information content (AvgIpc) is 2.99. The highest BCUT2D eigenvalue weighted by Gasteiger charge is 2.09. The monoisotopic (exact) mass is 313 g/mol. The van der Waals surface area contributed by atoms with E-state index in [1.807, 2.05) is 17.5 Å². The molecule has 0 atom stereocenters. The molecule has 0 spiro atoms. The van der Waals surface area contributed by atoms with E-state index in [1.54, 1.807) is 12.4 Å². The summed E-state index contributed by atoms with van der Waals surface area (Å²) in [5.41, 5.74) is 2.19. The van der Waals surface area contributed by atoms with Gasteiger partial charge < -0.3 is 5.32 Å². The summed E-state index contributed by atoms with van der Waals surface area (Å²) in [7, 11) is 0. The lowest BCUT2D eigenvalue weighted by Gasteiger charge is -2.03. The van der Waals surface area contributed by atoms with Gasteiger partial charge >= 0.3 is 0 Å². The number of thiazole rings is 1. The quantitative estimate of drug-likeness (QED) is 0.801. The van der Waals surface area contributed by atoms with Crippen molar-refractivity contribution in [3.63, 3.8) is 0 Å². The lowest BCUT2D eigenvalue weighted by Crippen LogP contribution is -2.14. The fourth-order valence-electron chi connectivity index (χ4n) is 1.91. The van der Waals surface area contributed by atoms with Gasteiger partial charge in [-0.05, 0) is 36.4 Å². The fraction of sp³-hybridized carbons (Fsp3) is 0.0625. The first-order valence-corrected chi connectivity index (χ1v) is 7.49. The maximum Gasteiger partial charge on any atom is 0.230 e. The van der Waals surface area contributed by atoms with Gasteiger partial charge in [0.2, 0.25) is 5.91 Å². The Kier molecular flexibility index (Phi) is 4.20. The molecule has 2 heterocycles. The first-order valence-electron chi connectivity index (χ1n) is 6.61. The molecule has 0 bridgehead atoms. The van der Waals surface area contributed by atoms with Crippen LogP contribution in [0.3, 0.4) is 0 Å². The van der Waals surface area contributed by atoms with Gasteiger partial charge in [0.1, 0.15) is 10.8 Å². The van der Waals surface area contributed by atoms with Crippen molar-refractivity contribution < 1.29 is 9.18 Å². The smallest absolute Gasteiger partial charge is 0.230 e. The molecule has 4 nitrogen and oxygen atoms in total. The van der Waals surface area contributed by atoms with Crippen LogP contribution in [0.5, 0.6) is 0 Å². The van der Waals surface area contributed by atoms with Crippen LogP contribution in [-0.4, -0.2) is 15.9 Å². The summed E-state index contributed by atoms with van der Waals surface area (Å²) in [5.74, 6) is -0.520. The highest BCUT2D eigenvalue weighted by molar-refractivity contribution is 7.13. The van der Waals surface area contributed by atoms with Gasteiger partial charge in [-0.2, -0.15) is 0 Å². The van der Waals surface area contributed by atoms with Gasteiger partial charge in [0, 0.05) is 29.0 Å². The molecular weight excluding hydrogens is 301 g/mol. The number of pyridine rings is 1. The lowest BCUT2D eigenvalue weighted by molar-refractivity contribution is -0.115. The molecule has 1 aromatic carbocycles. The van der Waals surface area contributed by atoms with E-state index in [4.69, 9.17) is 0 Å². The van der Waals surface area contributed by atoms with Crippen molar-refractivity contribution in [2.45, 2.75) is 6.42 Å². The summed E-state index contributed by atoms with van der Waals surface area (Å²) in [5, 5.41) is 5.40. The molecule has 3 aromatic rings. The first kappa shape index (κ1) is 14.3. The summed E-state index contributed by atoms with van der Waals surface area (Å²) in [6.45, 7) is 0. The number of anilines is 1. The summed E-state index contributed by atoms with van der Waals surface area (Å²) in [4.78, 5) is 20.4. The van der Waals surface area contributed by atoms with Crippen LogP contribution in [0.4, 0.5) is 10.1 Å². The Labute approximate surface area is 130 Å². The third-order valence-electron chi connectivity index (χ3n) is 2.93. The van der Waals surface area contributed by atoms with Crippen molar-refractivity contribution in [1.29, 1.82) is 0 Å². The zero-order chi connectivity index (χ0) is 15.4. The Hall–Kier alpha value is -2.60. The summed E-state index contributed by atoms with van der Waals surface area (Å²) < 4.78 is 12.8. The van der Waals surface area contributed by atoms with Crippen molar-refractivity contribution in [2.75, 3.05) is 5.32 Å². The summed E-state index contributed by atoms with van der Waals surface area (Å²) in [6, 6.07) is 9.43. The number of aromatic nitrogens is 2. The Bertz CT molecular complexity index is 772. The first-order chi connectivity index (χ1) is 10.7. The lowest BCUT2D eigenvalue weighted by atomic mass is 10.2. The molecule has 0 saturated carbocycles. The molecule has 2 aromatic heterocycles. The number of nitrogens with zero attached hydrogens (tertiary/aromatic N) is 2. The molecule has 110 valence electrons. The SMILES string of the molecule is O=C(Cc1csc(-c2cccnc2)n1)Nc1ccc(F)cc1. The Morgan fingerprint density at radius 1 is 1.23 bits per heavy atom. The minimum Gasteiger partial charge on any atom is -0.326 e. The Morgan fingerprint density at radius 2 is 2.05 bits per heavy atom. The second kappa shape index (κ2) is 6.44. The highest BCUT2D eigenvalue weighted by atomic mass is 32.1. The molecule has 22 heavy (non-hydrogen) atoms. The van der Waals surface area contributed by atoms with Gasteiger partial charge in [0.05, 0.1) is 12.1 Å². The van der Waals surface area contributed by atoms with Crippen LogP contribution in [0.1, 0.15) is 5.69 Å². The molecule has 0 unspecified atom stereocenters. The molecule has 0 fully saturated rings. The second-order valence-electron chi connectivity index (χ2n) is 4.62. The third-order valence-corrected chi connectivity index (χ3v) is 3.87. The number of amides is 1. The number of nitrogens with one attached hydrogen (secondary N) is 1. The molecule has 1 N–H and O–H groups in total. The minimum atomic E-state index is -0.335. The Morgan fingerprint density at radius 3 is 2.77 bits per heavy atom. The maximum atomic E-state index is 12.8. The normalized spacial score (nSPS) is 10.4. The largest absolute Gasteiger partial charge is 0.326 e. The van der Waals surface area contributed by atoms with Crippen LogP contribution < -0.4 is 5.32 Å². The molecule has 0 saturated heterocycles. The van der Waals surface area contributed by atoms with Crippen LogP contribution in [0, 0.1) is 5.82 Å². The number of benzene rings is 1. The van der Waals surface area contributed by atoms with E-state index in [-0.39, 0.29) is 18.1 Å². The number of hydrogen-bond donors (Lipinski definition) is 1. The van der Waals surface area contributed by atoms with Gasteiger partial charge in [-0.3, -0.25) is 9.78 Å². The van der Waals surface area contributed by atoms with Crippen LogP contribution in [-0.2, 0) is 11.2 Å². The van der Waals surface area contributed by atoms with Gasteiger partial charge in [0.25, 0.3) is 0 Å². The number of carbonyl (C=O) groups is 1. The molecule has 1 amide bonds. The molecule has 0 radical (unpaired) electrons. The standard InChI is InChI=1S/C16H12FN3OS/c17-12-3-5-13(6-4-12)19-15(21)8-14-10-22-16(20-14)11-2-1-7-18-9-11/h1-7,9-10H,8H2,(H,19,21). The number of hydrogen-bond acceptors (Lipinski definition) is 4. The molecule has 0 aliphatic carbocycles. The predicted molar refractivity (Wildman–Crippen MR) is 84.1 cm³/mol. The van der Waals surface area contributed by atoms with Crippen molar-refractivity contribution in [3.8, 4) is 10.6 Å². The number of halogens is 1. The molecule has 3 rings (SSSR count). The number of carbonyl (C=O) groups excluding carboxylic acids is 1. The van der Waals surface area contributed by atoms with E-state index >= 15 is 0 Å². The van der Waals surface area contributed by atoms with E-state index in [1.165, 1.54) is 35.6 Å². The Balaban J connectivity index is 1.65. The maximum absolute atomic E-state index is 12.8. The van der Waals surface area contributed by atoms with E-state index in [0.29, 0.717) is 11.4 Å². The molecular formula is C16H12FN3OS. The zero-order valence-corrected chi connectivity index (χ0v) is 12.3. The summed E-state index contributed by atoms with van der Waals surface area (Å²) >= 11 is 1.47. The number of rotatable bonds is 4. The average molecular weight is 313 g/mol. The van der Waals surface area contributed by atoms with Crippen molar-refractivity contribution in [3.05, 3.63) is 65.7 Å². The highest BCUT2D eigenvalue weighted by Crippen LogP contribution is 2.23. The van der Waals surface area contributed by atoms with Crippen LogP contribution >= 0.6 is 11.3 Å². The van der Waals surface area contributed by atoms with E-state index < -0.39 is 0 Å². The zero-order valence-electron chi connectivity index (χ0n) is 11.5. The predicted octanol–water partition coefficient (Wildman–Crippen LogP) is 3.53. The van der Waals surface area contributed by atoms with Crippen LogP contribution in [0.2, 0.25) is 0 Å². The van der Waals surface area contributed by atoms with Crippen molar-refractivity contribution >= 4 is 22.9 Å². The second-order valence-corrected chi connectivity index (χ2v) is 5.48. The van der Waals surface area contributed by atoms with Crippen molar-refractivity contribution in [2.24, 2.45) is 0 Å². The van der Waals surface area contributed by atoms with Crippen LogP contribution in [0.15, 0.2) is 54.2 Å². The summed E-state index contributed by atoms with van der Waals surface area (Å²) in [6.07, 6.45) is 3.61. The van der Waals surface area contributed by atoms with Gasteiger partial charge in [-0.1, -0.05) is 0 Å².